The largest absolute Gasteiger partial charge is 0.444 e. The van der Waals surface area contributed by atoms with E-state index < -0.39 is 21.4 Å². The molecule has 38 heavy (non-hydrogen) atoms. The minimum absolute atomic E-state index is 0.0482. The van der Waals surface area contributed by atoms with Crippen molar-refractivity contribution in [2.24, 2.45) is 0 Å². The molecule has 1 fully saturated rings. The van der Waals surface area contributed by atoms with Crippen molar-refractivity contribution in [3.05, 3.63) is 121 Å². The quantitative estimate of drug-likeness (QED) is 0.259. The first kappa shape index (κ1) is 26.6. The van der Waals surface area contributed by atoms with E-state index in [1.165, 1.54) is 21.2 Å². The first-order chi connectivity index (χ1) is 18.4. The average molecular weight is 540 g/mol. The molecule has 4 aromatic rings. The second kappa shape index (κ2) is 11.8. The summed E-state index contributed by atoms with van der Waals surface area (Å²) in [4.78, 5) is 15.9. The van der Waals surface area contributed by atoms with Crippen LogP contribution in [0, 0.1) is 0 Å². The Morgan fingerprint density at radius 3 is 1.39 bits per heavy atom. The van der Waals surface area contributed by atoms with Crippen LogP contribution in [0.4, 0.5) is 4.79 Å². The lowest BCUT2D eigenvalue weighted by atomic mass is 10.2. The van der Waals surface area contributed by atoms with Gasteiger partial charge in [0.05, 0.1) is 5.78 Å². The third kappa shape index (κ3) is 6.17. The maximum Gasteiger partial charge on any atom is 0.410 e. The van der Waals surface area contributed by atoms with Gasteiger partial charge in [-0.1, -0.05) is 121 Å². The van der Waals surface area contributed by atoms with Crippen LogP contribution in [0.5, 0.6) is 0 Å². The van der Waals surface area contributed by atoms with Gasteiger partial charge in [-0.3, -0.25) is 0 Å². The summed E-state index contributed by atoms with van der Waals surface area (Å²) in [7, 11) is -1.48. The van der Waals surface area contributed by atoms with Crippen molar-refractivity contribution in [2.75, 3.05) is 6.54 Å². The van der Waals surface area contributed by atoms with Gasteiger partial charge in [-0.25, -0.2) is 4.79 Å². The number of rotatable bonds is 6. The number of carbonyl (C=O) groups is 1. The lowest BCUT2D eigenvalue weighted by Gasteiger charge is -2.34. The Labute approximate surface area is 229 Å². The molecule has 2 atom stereocenters. The van der Waals surface area contributed by atoms with Crippen LogP contribution in [0.2, 0.25) is 0 Å². The van der Waals surface area contributed by atoms with Gasteiger partial charge in [0.1, 0.15) is 5.60 Å². The zero-order valence-electron chi connectivity index (χ0n) is 22.3. The molecule has 5 rings (SSSR count). The van der Waals surface area contributed by atoms with E-state index in [-0.39, 0.29) is 11.9 Å². The lowest BCUT2D eigenvalue weighted by Crippen LogP contribution is -2.41. The molecule has 0 unspecified atom stereocenters. The third-order valence-corrected chi connectivity index (χ3v) is 12.3. The maximum absolute atomic E-state index is 13.8. The standard InChI is InChI=1S/C33H35NO2P2/c1-33(2,3)36-32(35)34-25-30(37(26-16-8-4-9-17-26)27-18-10-5-11-19-27)24-31(34)38(28-20-12-6-13-21-28)29-22-14-7-15-23-29/h4-23,30-31H,24-25H2,1-3H3/t30-,31+/m0/s1. The van der Waals surface area contributed by atoms with Gasteiger partial charge in [-0.15, -0.1) is 0 Å². The monoisotopic (exact) mass is 539 g/mol. The highest BCUT2D eigenvalue weighted by Crippen LogP contribution is 2.53. The van der Waals surface area contributed by atoms with E-state index in [9.17, 15) is 4.79 Å². The van der Waals surface area contributed by atoms with Gasteiger partial charge in [0, 0.05) is 12.2 Å². The molecule has 0 spiro atoms. The smallest absolute Gasteiger partial charge is 0.410 e. The highest BCUT2D eigenvalue weighted by molar-refractivity contribution is 7.74. The molecule has 1 saturated heterocycles. The van der Waals surface area contributed by atoms with Crippen LogP contribution in [0.25, 0.3) is 0 Å². The number of likely N-dealkylation sites (tertiary alicyclic amines) is 1. The lowest BCUT2D eigenvalue weighted by molar-refractivity contribution is 0.0275. The zero-order chi connectivity index (χ0) is 26.5. The van der Waals surface area contributed by atoms with Gasteiger partial charge in [-0.05, 0) is 64.3 Å². The summed E-state index contributed by atoms with van der Waals surface area (Å²) in [5.41, 5.74) is -0.226. The molecular weight excluding hydrogens is 504 g/mol. The Hall–Kier alpha value is -2.99. The van der Waals surface area contributed by atoms with Crippen molar-refractivity contribution in [1.82, 2.24) is 4.90 Å². The topological polar surface area (TPSA) is 29.5 Å². The summed E-state index contributed by atoms with van der Waals surface area (Å²) in [5.74, 6) is 0.0482. The van der Waals surface area contributed by atoms with Crippen molar-refractivity contribution in [3.8, 4) is 0 Å². The number of hydrogen-bond donors (Lipinski definition) is 0. The van der Waals surface area contributed by atoms with Gasteiger partial charge in [0.25, 0.3) is 0 Å². The second-order valence-corrected chi connectivity index (χ2v) is 15.5. The Balaban J connectivity index is 1.60. The maximum atomic E-state index is 13.8. The fourth-order valence-electron chi connectivity index (χ4n) is 5.16. The predicted octanol–water partition coefficient (Wildman–Crippen LogP) is 6.59. The number of amides is 1. The van der Waals surface area contributed by atoms with E-state index in [4.69, 9.17) is 4.74 Å². The summed E-state index contributed by atoms with van der Waals surface area (Å²) < 4.78 is 6.02. The molecule has 0 aliphatic carbocycles. The van der Waals surface area contributed by atoms with E-state index in [1.807, 2.05) is 20.8 Å². The van der Waals surface area contributed by atoms with E-state index in [0.29, 0.717) is 12.2 Å². The molecule has 0 radical (unpaired) electrons. The second-order valence-electron chi connectivity index (χ2n) is 10.6. The van der Waals surface area contributed by atoms with Crippen molar-refractivity contribution >= 4 is 43.2 Å². The third-order valence-electron chi connectivity index (χ3n) is 6.68. The Morgan fingerprint density at radius 1 is 0.658 bits per heavy atom. The predicted molar refractivity (Wildman–Crippen MR) is 163 cm³/mol. The molecule has 1 amide bonds. The highest BCUT2D eigenvalue weighted by Gasteiger charge is 2.45. The van der Waals surface area contributed by atoms with E-state index in [1.54, 1.807) is 0 Å². The number of benzene rings is 4. The minimum Gasteiger partial charge on any atom is -0.444 e. The van der Waals surface area contributed by atoms with Gasteiger partial charge in [0.15, 0.2) is 0 Å². The molecule has 0 aromatic heterocycles. The molecule has 0 bridgehead atoms. The van der Waals surface area contributed by atoms with Crippen molar-refractivity contribution in [1.29, 1.82) is 0 Å². The van der Waals surface area contributed by atoms with Crippen LogP contribution in [-0.4, -0.2) is 34.6 Å². The van der Waals surface area contributed by atoms with Crippen LogP contribution in [0.15, 0.2) is 121 Å². The van der Waals surface area contributed by atoms with Crippen LogP contribution in [0.1, 0.15) is 27.2 Å². The number of hydrogen-bond acceptors (Lipinski definition) is 2. The minimum atomic E-state index is -0.819. The first-order valence-corrected chi connectivity index (χ1v) is 16.0. The van der Waals surface area contributed by atoms with Gasteiger partial charge >= 0.3 is 6.09 Å². The molecule has 3 nitrogen and oxygen atoms in total. The Bertz CT molecular complexity index is 1230. The summed E-state index contributed by atoms with van der Waals surface area (Å²) in [6, 6.07) is 43.1. The fourth-order valence-corrected chi connectivity index (χ4v) is 11.1. The van der Waals surface area contributed by atoms with Crippen LogP contribution in [0.3, 0.4) is 0 Å². The number of ether oxygens (including phenoxy) is 1. The average Bonchev–Trinajstić information content (AvgIpc) is 3.35. The fraction of sp³-hybridized carbons (Fsp3) is 0.242. The number of carbonyl (C=O) groups excluding carboxylic acids is 1. The molecule has 194 valence electrons. The summed E-state index contributed by atoms with van der Waals surface area (Å²) in [5, 5.41) is 5.28. The van der Waals surface area contributed by atoms with Crippen molar-refractivity contribution in [3.63, 3.8) is 0 Å². The van der Waals surface area contributed by atoms with Crippen molar-refractivity contribution < 1.29 is 9.53 Å². The summed E-state index contributed by atoms with van der Waals surface area (Å²) in [6.45, 7) is 6.54. The highest BCUT2D eigenvalue weighted by atomic mass is 31.1. The van der Waals surface area contributed by atoms with Crippen LogP contribution >= 0.6 is 15.8 Å². The van der Waals surface area contributed by atoms with Gasteiger partial charge in [0.2, 0.25) is 0 Å². The molecule has 0 saturated carbocycles. The number of nitrogens with zero attached hydrogens (tertiary/aromatic N) is 1. The first-order valence-electron chi connectivity index (χ1n) is 13.2. The van der Waals surface area contributed by atoms with E-state index in [2.05, 4.69) is 126 Å². The molecule has 1 aliphatic heterocycles. The molecule has 1 heterocycles. The Morgan fingerprint density at radius 2 is 1.03 bits per heavy atom. The molecule has 5 heteroatoms. The van der Waals surface area contributed by atoms with Crippen LogP contribution < -0.4 is 21.2 Å². The molecule has 4 aromatic carbocycles. The molecular formula is C33H35NO2P2. The Kier molecular flexibility index (Phi) is 8.27. The summed E-state index contributed by atoms with van der Waals surface area (Å²) >= 11 is 0. The van der Waals surface area contributed by atoms with Crippen LogP contribution in [-0.2, 0) is 4.74 Å². The van der Waals surface area contributed by atoms with E-state index in [0.717, 1.165) is 6.42 Å². The van der Waals surface area contributed by atoms with Crippen molar-refractivity contribution in [2.45, 2.75) is 44.2 Å². The zero-order valence-corrected chi connectivity index (χ0v) is 24.1. The van der Waals surface area contributed by atoms with Gasteiger partial charge < -0.3 is 9.64 Å². The molecule has 1 aliphatic rings. The molecule has 0 N–H and O–H groups in total. The SMILES string of the molecule is CC(C)(C)OC(=O)N1C[C@@H](P(c2ccccc2)c2ccccc2)C[C@H]1P(c1ccccc1)c1ccccc1. The summed E-state index contributed by atoms with van der Waals surface area (Å²) in [6.07, 6.45) is 0.727. The normalized spacial score (nSPS) is 17.7. The van der Waals surface area contributed by atoms with E-state index >= 15 is 0 Å². The van der Waals surface area contributed by atoms with Gasteiger partial charge in [-0.2, -0.15) is 0 Å².